The van der Waals surface area contributed by atoms with E-state index in [9.17, 15) is 0 Å². The van der Waals surface area contributed by atoms with Crippen LogP contribution < -0.4 is 11.5 Å². The Morgan fingerprint density at radius 2 is 1.05 bits per heavy atom. The van der Waals surface area contributed by atoms with Crippen LogP contribution in [0.2, 0.25) is 0 Å². The first-order chi connectivity index (χ1) is 9.71. The molecule has 0 amide bonds. The highest BCUT2D eigenvalue weighted by Gasteiger charge is 2.22. The van der Waals surface area contributed by atoms with Gasteiger partial charge in [0.1, 0.15) is 0 Å². The summed E-state index contributed by atoms with van der Waals surface area (Å²) in [6, 6.07) is 0. The Labute approximate surface area is 134 Å². The van der Waals surface area contributed by atoms with Crippen LogP contribution >= 0.6 is 12.2 Å². The summed E-state index contributed by atoms with van der Waals surface area (Å²) in [5.41, 5.74) is 9.24. The van der Waals surface area contributed by atoms with Crippen LogP contribution in [0.5, 0.6) is 0 Å². The summed E-state index contributed by atoms with van der Waals surface area (Å²) in [7, 11) is 0. The van der Waals surface area contributed by atoms with E-state index in [0.29, 0.717) is 0 Å². The Balaban J connectivity index is -0.000000334. The Morgan fingerprint density at radius 1 is 0.905 bits per heavy atom. The average molecular weight is 324 g/mol. The lowest BCUT2D eigenvalue weighted by Gasteiger charge is -2.38. The van der Waals surface area contributed by atoms with Gasteiger partial charge in [-0.2, -0.15) is 0 Å². The smallest absolute Gasteiger partial charge is 0.160 e. The van der Waals surface area contributed by atoms with Crippen LogP contribution in [0.4, 0.5) is 0 Å². The van der Waals surface area contributed by atoms with E-state index >= 15 is 0 Å². The summed E-state index contributed by atoms with van der Waals surface area (Å²) < 4.78 is 1.38. The van der Waals surface area contributed by atoms with Crippen LogP contribution in [-0.2, 0) is 0 Å². The van der Waals surface area contributed by atoms with Crippen LogP contribution in [-0.4, -0.2) is 40.9 Å². The third-order valence-corrected chi connectivity index (χ3v) is 2.79. The molecular weight excluding hydrogens is 292 g/mol. The number of nitrogens with two attached hydrogens (primary N) is 2. The first-order valence-electron chi connectivity index (χ1n) is 7.42. The van der Waals surface area contributed by atoms with Gasteiger partial charge in [0.05, 0.1) is 31.3 Å². The second-order valence-electron chi connectivity index (χ2n) is 4.86. The number of nitrogens with zero attached hydrogens (tertiary/aromatic N) is 2. The molecule has 8 heteroatoms. The van der Waals surface area contributed by atoms with Crippen LogP contribution in [0, 0.1) is 15.3 Å². The SMILES string of the molecule is CCC[N+](CCC)(CCC)CCC.NC(N)=S.O=[N+]([O-])[O-]. The van der Waals surface area contributed by atoms with Gasteiger partial charge in [-0.3, -0.25) is 0 Å². The molecule has 0 atom stereocenters. The number of thiocarbonyl (C=S) groups is 1. The molecule has 0 spiro atoms. The Kier molecular flexibility index (Phi) is 20.0. The number of quaternary nitrogens is 1. The first-order valence-corrected chi connectivity index (χ1v) is 7.83. The zero-order valence-electron chi connectivity index (χ0n) is 13.8. The second-order valence-corrected chi connectivity index (χ2v) is 5.33. The fourth-order valence-electron chi connectivity index (χ4n) is 2.57. The molecule has 0 aromatic heterocycles. The minimum Gasteiger partial charge on any atom is -0.377 e. The van der Waals surface area contributed by atoms with Gasteiger partial charge in [-0.25, -0.2) is 0 Å². The van der Waals surface area contributed by atoms with Crippen molar-refractivity contribution in [2.75, 3.05) is 26.2 Å². The van der Waals surface area contributed by atoms with Crippen molar-refractivity contribution in [3.8, 4) is 0 Å². The molecule has 0 saturated carbocycles. The van der Waals surface area contributed by atoms with Gasteiger partial charge in [0.15, 0.2) is 5.11 Å². The van der Waals surface area contributed by atoms with Gasteiger partial charge in [0.2, 0.25) is 0 Å². The van der Waals surface area contributed by atoms with Gasteiger partial charge < -0.3 is 31.3 Å². The largest absolute Gasteiger partial charge is 0.377 e. The summed E-state index contributed by atoms with van der Waals surface area (Å²) in [5.74, 6) is 0. The summed E-state index contributed by atoms with van der Waals surface area (Å²) in [6.07, 6.45) is 5.33. The highest BCUT2D eigenvalue weighted by Crippen LogP contribution is 2.12. The lowest BCUT2D eigenvalue weighted by molar-refractivity contribution is -0.928. The highest BCUT2D eigenvalue weighted by molar-refractivity contribution is 7.80. The molecule has 0 aliphatic rings. The van der Waals surface area contributed by atoms with Crippen molar-refractivity contribution >= 4 is 17.3 Å². The maximum Gasteiger partial charge on any atom is 0.160 e. The van der Waals surface area contributed by atoms with Crippen molar-refractivity contribution in [3.05, 3.63) is 15.3 Å². The normalized spacial score (nSPS) is 9.71. The molecule has 21 heavy (non-hydrogen) atoms. The van der Waals surface area contributed by atoms with Crippen molar-refractivity contribution in [2.24, 2.45) is 11.5 Å². The van der Waals surface area contributed by atoms with Gasteiger partial charge in [0.25, 0.3) is 0 Å². The molecular formula is C13H32N4O3S. The van der Waals surface area contributed by atoms with Crippen molar-refractivity contribution in [1.29, 1.82) is 0 Å². The fourth-order valence-corrected chi connectivity index (χ4v) is 2.57. The van der Waals surface area contributed by atoms with E-state index in [1.807, 2.05) is 0 Å². The third kappa shape index (κ3) is 24.3. The molecule has 0 unspecified atom stereocenters. The van der Waals surface area contributed by atoms with Gasteiger partial charge in [-0.15, -0.1) is 0 Å². The molecule has 0 heterocycles. The summed E-state index contributed by atoms with van der Waals surface area (Å²) >= 11 is 4.09. The minimum atomic E-state index is -1.75. The van der Waals surface area contributed by atoms with E-state index in [2.05, 4.69) is 51.4 Å². The molecule has 0 rings (SSSR count). The molecule has 0 fully saturated rings. The number of hydrogen-bond donors (Lipinski definition) is 2. The molecule has 0 aliphatic carbocycles. The lowest BCUT2D eigenvalue weighted by Crippen LogP contribution is -2.50. The molecule has 128 valence electrons. The predicted octanol–water partition coefficient (Wildman–Crippen LogP) is 2.39. The predicted molar refractivity (Wildman–Crippen MR) is 92.2 cm³/mol. The van der Waals surface area contributed by atoms with Crippen molar-refractivity contribution in [2.45, 2.75) is 53.4 Å². The number of rotatable bonds is 8. The fraction of sp³-hybridized carbons (Fsp3) is 0.923. The van der Waals surface area contributed by atoms with Crippen LogP contribution in [0.3, 0.4) is 0 Å². The number of hydrogen-bond acceptors (Lipinski definition) is 4. The van der Waals surface area contributed by atoms with Gasteiger partial charge in [-0.05, 0) is 37.9 Å². The maximum atomic E-state index is 8.25. The highest BCUT2D eigenvalue weighted by atomic mass is 32.1. The van der Waals surface area contributed by atoms with Gasteiger partial charge >= 0.3 is 0 Å². The van der Waals surface area contributed by atoms with E-state index in [1.54, 1.807) is 0 Å². The summed E-state index contributed by atoms with van der Waals surface area (Å²) in [4.78, 5) is 8.25. The monoisotopic (exact) mass is 324 g/mol. The molecule has 0 radical (unpaired) electrons. The van der Waals surface area contributed by atoms with Gasteiger partial charge in [0, 0.05) is 0 Å². The molecule has 0 saturated heterocycles. The van der Waals surface area contributed by atoms with Crippen molar-refractivity contribution < 1.29 is 9.57 Å². The molecule has 0 bridgehead atoms. The first kappa shape index (κ1) is 24.8. The van der Waals surface area contributed by atoms with E-state index in [4.69, 9.17) is 15.3 Å². The van der Waals surface area contributed by atoms with E-state index in [1.165, 1.54) is 56.3 Å². The van der Waals surface area contributed by atoms with Crippen LogP contribution in [0.25, 0.3) is 0 Å². The van der Waals surface area contributed by atoms with E-state index in [-0.39, 0.29) is 5.11 Å². The van der Waals surface area contributed by atoms with Gasteiger partial charge in [-0.1, -0.05) is 27.7 Å². The topological polar surface area (TPSA) is 118 Å². The maximum absolute atomic E-state index is 8.25. The quantitative estimate of drug-likeness (QED) is 0.306. The summed E-state index contributed by atoms with van der Waals surface area (Å²) in [6.45, 7) is 14.8. The second kappa shape index (κ2) is 16.9. The summed E-state index contributed by atoms with van der Waals surface area (Å²) in [5, 5.41) is 14.8. The molecule has 7 nitrogen and oxygen atoms in total. The van der Waals surface area contributed by atoms with E-state index < -0.39 is 5.09 Å². The molecule has 4 N–H and O–H groups in total. The Morgan fingerprint density at radius 3 is 1.14 bits per heavy atom. The standard InChI is InChI=1S/C12H28N.CH4N2S.NO3/c1-5-9-13(10-6-2,11-7-3)12-8-4;2*2-1(3)4/h5-12H2,1-4H3;(H4,2,3,4);/q+1;;-1. The third-order valence-electron chi connectivity index (χ3n) is 2.79. The van der Waals surface area contributed by atoms with Crippen molar-refractivity contribution in [1.82, 2.24) is 0 Å². The lowest BCUT2D eigenvalue weighted by atomic mass is 10.2. The zero-order valence-corrected chi connectivity index (χ0v) is 14.7. The Hall–Kier alpha value is -1.15. The van der Waals surface area contributed by atoms with Crippen LogP contribution in [0.15, 0.2) is 0 Å². The minimum absolute atomic E-state index is 0.000000000000000222. The average Bonchev–Trinajstić information content (AvgIpc) is 2.28. The van der Waals surface area contributed by atoms with Crippen molar-refractivity contribution in [3.63, 3.8) is 0 Å². The van der Waals surface area contributed by atoms with E-state index in [0.717, 1.165) is 0 Å². The molecule has 0 aliphatic heterocycles. The molecule has 0 aromatic rings. The zero-order chi connectivity index (χ0) is 17.3. The molecule has 0 aromatic carbocycles. The Bertz CT molecular complexity index is 216. The van der Waals surface area contributed by atoms with Crippen LogP contribution in [0.1, 0.15) is 53.4 Å².